The molecule has 0 saturated carbocycles. The smallest absolute Gasteiger partial charge is 0.244 e. The van der Waals surface area contributed by atoms with Crippen molar-refractivity contribution in [2.75, 3.05) is 34.4 Å². The highest BCUT2D eigenvalue weighted by molar-refractivity contribution is 7.85. The van der Waals surface area contributed by atoms with E-state index < -0.39 is 29.1 Å². The van der Waals surface area contributed by atoms with E-state index in [1.165, 1.54) is 31.1 Å². The van der Waals surface area contributed by atoms with Gasteiger partial charge in [-0.1, -0.05) is 18.2 Å². The van der Waals surface area contributed by atoms with Gasteiger partial charge < -0.3 is 19.8 Å². The lowest BCUT2D eigenvalue weighted by Crippen LogP contribution is -2.42. The zero-order valence-electron chi connectivity index (χ0n) is 18.3. The van der Waals surface area contributed by atoms with Gasteiger partial charge in [-0.25, -0.2) is 14.4 Å². The van der Waals surface area contributed by atoms with E-state index in [0.29, 0.717) is 41.5 Å². The highest BCUT2D eigenvalue weighted by atomic mass is 32.2. The van der Waals surface area contributed by atoms with Gasteiger partial charge in [0, 0.05) is 41.0 Å². The Bertz CT molecular complexity index is 1150. The second-order valence-corrected chi connectivity index (χ2v) is 9.31. The molecule has 1 aliphatic rings. The van der Waals surface area contributed by atoms with Crippen LogP contribution in [-0.4, -0.2) is 71.4 Å². The van der Waals surface area contributed by atoms with Crippen molar-refractivity contribution in [3.8, 4) is 5.88 Å². The predicted molar refractivity (Wildman–Crippen MR) is 122 cm³/mol. The van der Waals surface area contributed by atoms with Crippen LogP contribution in [0.25, 0.3) is 11.0 Å². The first-order chi connectivity index (χ1) is 15.8. The van der Waals surface area contributed by atoms with Crippen LogP contribution in [0.1, 0.15) is 19.4 Å². The number of ether oxygens (including phenoxy) is 1. The molecule has 2 aromatic heterocycles. The molecule has 0 bridgehead atoms. The summed E-state index contributed by atoms with van der Waals surface area (Å²) in [6.07, 6.45) is -0.859. The number of benzene rings is 1. The molecule has 2 atom stereocenters. The summed E-state index contributed by atoms with van der Waals surface area (Å²) in [6, 6.07) is 6.26. The number of aliphatic hydroxyl groups excluding tert-OH is 2. The van der Waals surface area contributed by atoms with Gasteiger partial charge in [-0.2, -0.15) is 9.97 Å². The Morgan fingerprint density at radius 2 is 1.82 bits per heavy atom. The Labute approximate surface area is 192 Å². The Hall–Kier alpha value is -2.96. The molecule has 0 amide bonds. The number of nitrogens with zero attached hydrogens (tertiary/aromatic N) is 6. The van der Waals surface area contributed by atoms with Gasteiger partial charge in [0.25, 0.3) is 0 Å². The minimum Gasteiger partial charge on any atom is -0.471 e. The maximum atomic E-state index is 14.1. The third-order valence-electron chi connectivity index (χ3n) is 5.25. The molecule has 33 heavy (non-hydrogen) atoms. The van der Waals surface area contributed by atoms with E-state index in [9.17, 15) is 18.8 Å². The van der Waals surface area contributed by atoms with E-state index in [0.717, 1.165) is 0 Å². The molecular weight excluding hydrogens is 451 g/mol. The fraction of sp³-hybridized carbons (Fsp3) is 0.429. The van der Waals surface area contributed by atoms with Crippen LogP contribution >= 0.6 is 0 Å². The van der Waals surface area contributed by atoms with E-state index in [2.05, 4.69) is 19.9 Å². The minimum atomic E-state index is -1.09. The molecule has 3 aromatic rings. The van der Waals surface area contributed by atoms with E-state index >= 15 is 0 Å². The number of halogens is 1. The summed E-state index contributed by atoms with van der Waals surface area (Å²) in [6.45, 7) is 3.89. The van der Waals surface area contributed by atoms with Crippen molar-refractivity contribution in [3.63, 3.8) is 0 Å². The summed E-state index contributed by atoms with van der Waals surface area (Å²) in [5.74, 6) is 1.20. The fourth-order valence-corrected chi connectivity index (χ4v) is 4.65. The molecule has 2 N–H and O–H groups in total. The maximum Gasteiger partial charge on any atom is 0.244 e. The Morgan fingerprint density at radius 3 is 2.48 bits per heavy atom. The lowest BCUT2D eigenvalue weighted by atomic mass is 10.2. The molecule has 0 aliphatic carbocycles. The molecule has 1 saturated heterocycles. The average molecular weight is 477 g/mol. The first-order valence-electron chi connectivity index (χ1n) is 10.5. The standard InChI is InChI=1S/C21H25FN6O4S/c1-13(29)28(14(2)30)21-25-18-17(19(26-21)27-7-9-33(31)10-8-27)23-12-24-20(18)32-11-15-5-3-4-6-16(15)22/h3-6,12-14,29-30H,7-11H2,1-2H3. The lowest BCUT2D eigenvalue weighted by molar-refractivity contribution is 0.103. The topological polar surface area (TPSA) is 125 Å². The summed E-state index contributed by atoms with van der Waals surface area (Å²) < 4.78 is 31.7. The van der Waals surface area contributed by atoms with Crippen LogP contribution in [0.2, 0.25) is 0 Å². The quantitative estimate of drug-likeness (QED) is 0.481. The van der Waals surface area contributed by atoms with E-state index in [4.69, 9.17) is 4.74 Å². The molecule has 0 spiro atoms. The maximum absolute atomic E-state index is 14.1. The number of fused-ring (bicyclic) bond motifs is 1. The third kappa shape index (κ3) is 5.02. The SMILES string of the molecule is CC(O)N(c1nc(N2CCS(=O)CC2)c2ncnc(OCc3ccccc3F)c2n1)C(C)O. The van der Waals surface area contributed by atoms with Gasteiger partial charge in [0.15, 0.2) is 11.3 Å². The molecule has 1 aromatic carbocycles. The number of rotatable bonds is 7. The monoisotopic (exact) mass is 476 g/mol. The summed E-state index contributed by atoms with van der Waals surface area (Å²) in [5.41, 5.74) is 1.01. The van der Waals surface area contributed by atoms with Gasteiger partial charge in [-0.15, -0.1) is 0 Å². The molecule has 3 heterocycles. The van der Waals surface area contributed by atoms with E-state index in [-0.39, 0.29) is 24.0 Å². The first-order valence-corrected chi connectivity index (χ1v) is 12.0. The van der Waals surface area contributed by atoms with Gasteiger partial charge in [0.05, 0.1) is 0 Å². The van der Waals surface area contributed by atoms with Gasteiger partial charge in [0.2, 0.25) is 11.8 Å². The molecule has 12 heteroatoms. The lowest BCUT2D eigenvalue weighted by Gasteiger charge is -2.31. The van der Waals surface area contributed by atoms with Crippen LogP contribution in [0.5, 0.6) is 5.88 Å². The van der Waals surface area contributed by atoms with Crippen LogP contribution in [0.4, 0.5) is 16.2 Å². The number of aromatic nitrogens is 4. The average Bonchev–Trinajstić information content (AvgIpc) is 2.78. The van der Waals surface area contributed by atoms with Crippen molar-refractivity contribution >= 4 is 33.6 Å². The molecule has 0 radical (unpaired) electrons. The number of hydrogen-bond donors (Lipinski definition) is 2. The van der Waals surface area contributed by atoms with E-state index in [1.54, 1.807) is 18.2 Å². The first kappa shape index (κ1) is 23.2. The van der Waals surface area contributed by atoms with E-state index in [1.807, 2.05) is 4.90 Å². The highest BCUT2D eigenvalue weighted by Gasteiger charge is 2.27. The summed E-state index contributed by atoms with van der Waals surface area (Å²) >= 11 is 0. The summed E-state index contributed by atoms with van der Waals surface area (Å²) in [7, 11) is -0.897. The van der Waals surface area contributed by atoms with Gasteiger partial charge >= 0.3 is 0 Å². The molecule has 10 nitrogen and oxygen atoms in total. The number of aliphatic hydroxyl groups is 2. The van der Waals surface area contributed by atoms with Crippen molar-refractivity contribution in [1.82, 2.24) is 19.9 Å². The Balaban J connectivity index is 1.81. The molecule has 4 rings (SSSR count). The predicted octanol–water partition coefficient (Wildman–Crippen LogP) is 1.19. The highest BCUT2D eigenvalue weighted by Crippen LogP contribution is 2.31. The van der Waals surface area contributed by atoms with Gasteiger partial charge in [-0.05, 0) is 19.9 Å². The van der Waals surface area contributed by atoms with Crippen molar-refractivity contribution < 1.29 is 23.5 Å². The van der Waals surface area contributed by atoms with Crippen LogP contribution in [0.15, 0.2) is 30.6 Å². The second kappa shape index (κ2) is 9.89. The Morgan fingerprint density at radius 1 is 1.12 bits per heavy atom. The molecule has 1 aliphatic heterocycles. The third-order valence-corrected chi connectivity index (χ3v) is 6.53. The molecule has 2 unspecified atom stereocenters. The van der Waals surface area contributed by atoms with Crippen molar-refractivity contribution in [3.05, 3.63) is 42.0 Å². The molecule has 1 fully saturated rings. The Kier molecular flexibility index (Phi) is 6.96. The van der Waals surface area contributed by atoms with Crippen LogP contribution in [0.3, 0.4) is 0 Å². The van der Waals surface area contributed by atoms with Crippen LogP contribution in [0, 0.1) is 5.82 Å². The van der Waals surface area contributed by atoms with Crippen LogP contribution < -0.4 is 14.5 Å². The summed E-state index contributed by atoms with van der Waals surface area (Å²) in [5, 5.41) is 20.4. The van der Waals surface area contributed by atoms with Crippen molar-refractivity contribution in [2.24, 2.45) is 0 Å². The summed E-state index contributed by atoms with van der Waals surface area (Å²) in [4.78, 5) is 20.8. The molecular formula is C21H25FN6O4S. The number of hydrogen-bond acceptors (Lipinski definition) is 10. The second-order valence-electron chi connectivity index (χ2n) is 7.61. The normalized spacial score (nSPS) is 16.6. The van der Waals surface area contributed by atoms with Gasteiger partial charge in [-0.3, -0.25) is 9.11 Å². The fourth-order valence-electron chi connectivity index (χ4n) is 3.60. The molecule has 176 valence electrons. The zero-order valence-corrected chi connectivity index (χ0v) is 19.1. The number of anilines is 2. The zero-order chi connectivity index (χ0) is 23.5. The minimum absolute atomic E-state index is 0.0553. The van der Waals surface area contributed by atoms with Crippen LogP contribution in [-0.2, 0) is 17.4 Å². The largest absolute Gasteiger partial charge is 0.471 e. The van der Waals surface area contributed by atoms with Crippen molar-refractivity contribution in [2.45, 2.75) is 32.9 Å². The van der Waals surface area contributed by atoms with Crippen molar-refractivity contribution in [1.29, 1.82) is 0 Å². The van der Waals surface area contributed by atoms with Gasteiger partial charge in [0.1, 0.15) is 36.7 Å².